The Morgan fingerprint density at radius 1 is 0.862 bits per heavy atom. The average molecular weight is 1340 g/mol. The fourth-order valence-corrected chi connectivity index (χ4v) is 13.6. The highest BCUT2D eigenvalue weighted by atomic mass is 127. The summed E-state index contributed by atoms with van der Waals surface area (Å²) in [5.41, 5.74) is 15.3. The fraction of sp³-hybridized carbons (Fsp3) is 0.397. The van der Waals surface area contributed by atoms with Gasteiger partial charge < -0.3 is 46.3 Å². The molecule has 0 aliphatic carbocycles. The van der Waals surface area contributed by atoms with Crippen molar-refractivity contribution in [2.45, 2.75) is 115 Å². The Morgan fingerprint density at radius 3 is 2.41 bits per heavy atom. The Hall–Kier alpha value is -7.45. The lowest BCUT2D eigenvalue weighted by Crippen LogP contribution is -2.49. The summed E-state index contributed by atoms with van der Waals surface area (Å²) in [7, 11) is 4.36. The van der Waals surface area contributed by atoms with Crippen LogP contribution in [0.2, 0.25) is 0 Å². The monoisotopic (exact) mass is 1340 g/mol. The van der Waals surface area contributed by atoms with Crippen LogP contribution >= 0.6 is 44.2 Å². The number of pyridine rings is 3. The minimum atomic E-state index is -2.99. The molecule has 3 aliphatic heterocycles. The van der Waals surface area contributed by atoms with Gasteiger partial charge in [-0.05, 0) is 137 Å². The van der Waals surface area contributed by atoms with Gasteiger partial charge in [0, 0.05) is 120 Å². The zero-order valence-corrected chi connectivity index (χ0v) is 52.1. The SMILES string of the molecule is COc1ncc(-c2ccc3nccc(-c4ccc(COC(=O)CCCSSCC(NC(=O)CCc5cccc6c5CN(C(=O)C[C@@H]5C[C@@H](C(=O)N7CC(F)(F)C[C@H]7C)NC5=O)C6)C(=O)NCCNC(=O)CCCc5ccc(I)cc5)nc4)c3c2)cc1N. The molecular weight excluding hydrogens is 1270 g/mol. The number of carbonyl (C=O) groups excluding carboxylic acids is 7. The first kappa shape index (κ1) is 64.0. The molecule has 3 aromatic carbocycles. The molecule has 2 saturated heterocycles. The number of hydrogen-bond acceptors (Lipinski definition) is 15. The Kier molecular flexibility index (Phi) is 22.1. The topological polar surface area (TPSA) is 257 Å². The molecule has 6 heterocycles. The zero-order valence-electron chi connectivity index (χ0n) is 48.3. The zero-order chi connectivity index (χ0) is 61.6. The van der Waals surface area contributed by atoms with Gasteiger partial charge in [-0.1, -0.05) is 64.1 Å². The molecule has 4 atom stereocenters. The second-order valence-corrected chi connectivity index (χ2v) is 25.8. The van der Waals surface area contributed by atoms with Crippen molar-refractivity contribution in [3.05, 3.63) is 135 Å². The van der Waals surface area contributed by atoms with Crippen molar-refractivity contribution in [2.24, 2.45) is 5.92 Å². The third-order valence-corrected chi connectivity index (χ3v) is 18.8. The molecule has 0 saturated carbocycles. The van der Waals surface area contributed by atoms with Gasteiger partial charge in [0.1, 0.15) is 18.7 Å². The number of carbonyl (C=O) groups is 7. The van der Waals surface area contributed by atoms with Crippen molar-refractivity contribution in [1.29, 1.82) is 0 Å². The number of hydrogen-bond donors (Lipinski definition) is 5. The molecule has 3 aromatic heterocycles. The molecule has 6 N–H and O–H groups in total. The number of aromatic nitrogens is 3. The quantitative estimate of drug-likeness (QED) is 0.0141. The third kappa shape index (κ3) is 17.4. The minimum absolute atomic E-state index is 0.00380. The number of nitrogen functional groups attached to an aromatic ring is 1. The van der Waals surface area contributed by atoms with Crippen LogP contribution in [0.4, 0.5) is 14.5 Å². The Morgan fingerprint density at radius 2 is 1.66 bits per heavy atom. The Balaban J connectivity index is 0.726. The first-order valence-electron chi connectivity index (χ1n) is 28.9. The number of rotatable bonds is 27. The molecule has 6 amide bonds. The lowest BCUT2D eigenvalue weighted by Gasteiger charge is -2.24. The maximum Gasteiger partial charge on any atom is 0.306 e. The molecule has 0 bridgehead atoms. The van der Waals surface area contributed by atoms with Crippen molar-refractivity contribution < 1.29 is 51.8 Å². The molecule has 9 rings (SSSR count). The second-order valence-electron chi connectivity index (χ2n) is 21.9. The lowest BCUT2D eigenvalue weighted by atomic mass is 9.98. The second kappa shape index (κ2) is 30.0. The lowest BCUT2D eigenvalue weighted by molar-refractivity contribution is -0.145. The largest absolute Gasteiger partial charge is 0.480 e. The van der Waals surface area contributed by atoms with E-state index < -0.39 is 60.7 Å². The number of halogens is 3. The van der Waals surface area contributed by atoms with Crippen LogP contribution in [-0.2, 0) is 70.8 Å². The van der Waals surface area contributed by atoms with Crippen LogP contribution in [0.3, 0.4) is 0 Å². The summed E-state index contributed by atoms with van der Waals surface area (Å²) in [5.74, 6) is -5.26. The molecule has 458 valence electrons. The van der Waals surface area contributed by atoms with Crippen LogP contribution in [0, 0.1) is 9.49 Å². The molecule has 1 unspecified atom stereocenters. The Labute approximate surface area is 524 Å². The number of likely N-dealkylation sites (tertiary alicyclic amines) is 1. The number of nitrogens with two attached hydrogens (primary N) is 1. The van der Waals surface area contributed by atoms with Gasteiger partial charge in [0.25, 0.3) is 5.92 Å². The average Bonchev–Trinajstić information content (AvgIpc) is 3.02. The summed E-state index contributed by atoms with van der Waals surface area (Å²) in [6.45, 7) is 1.74. The predicted octanol–water partition coefficient (Wildman–Crippen LogP) is 8.13. The number of nitrogens with one attached hydrogen (secondary N) is 4. The van der Waals surface area contributed by atoms with Crippen molar-refractivity contribution in [1.82, 2.24) is 46.0 Å². The summed E-state index contributed by atoms with van der Waals surface area (Å²) in [4.78, 5) is 109. The van der Waals surface area contributed by atoms with E-state index in [1.54, 1.807) is 30.4 Å². The van der Waals surface area contributed by atoms with Crippen molar-refractivity contribution in [3.63, 3.8) is 0 Å². The number of esters is 1. The van der Waals surface area contributed by atoms with Crippen LogP contribution in [0.15, 0.2) is 104 Å². The van der Waals surface area contributed by atoms with Crippen LogP contribution in [-0.4, -0.2) is 128 Å². The van der Waals surface area contributed by atoms with E-state index in [0.717, 1.165) is 70.3 Å². The highest BCUT2D eigenvalue weighted by Crippen LogP contribution is 2.36. The van der Waals surface area contributed by atoms with E-state index in [2.05, 4.69) is 58.8 Å². The molecule has 19 nitrogen and oxygen atoms in total. The van der Waals surface area contributed by atoms with E-state index in [9.17, 15) is 42.3 Å². The number of ether oxygens (including phenoxy) is 2. The molecule has 87 heavy (non-hydrogen) atoms. The number of benzene rings is 3. The smallest absolute Gasteiger partial charge is 0.306 e. The van der Waals surface area contributed by atoms with Gasteiger partial charge >= 0.3 is 5.97 Å². The number of amides is 6. The number of aryl methyl sites for hydroxylation is 2. The maximum atomic E-state index is 14.1. The third-order valence-electron chi connectivity index (χ3n) is 15.6. The molecular formula is C63H69F2IN10O9S2. The first-order valence-corrected chi connectivity index (χ1v) is 32.4. The predicted molar refractivity (Wildman–Crippen MR) is 338 cm³/mol. The van der Waals surface area contributed by atoms with Gasteiger partial charge in [-0.2, -0.15) is 0 Å². The van der Waals surface area contributed by atoms with Gasteiger partial charge in [-0.15, -0.1) is 0 Å². The minimum Gasteiger partial charge on any atom is -0.480 e. The van der Waals surface area contributed by atoms with Crippen LogP contribution in [0.5, 0.6) is 5.88 Å². The fourth-order valence-electron chi connectivity index (χ4n) is 11.0. The molecule has 3 aliphatic rings. The van der Waals surface area contributed by atoms with Crippen molar-refractivity contribution in [3.8, 4) is 28.1 Å². The molecule has 0 spiro atoms. The number of nitrogens with zero attached hydrogens (tertiary/aromatic N) is 5. The van der Waals surface area contributed by atoms with Crippen LogP contribution in [0.1, 0.15) is 86.2 Å². The van der Waals surface area contributed by atoms with E-state index in [1.807, 2.05) is 84.9 Å². The van der Waals surface area contributed by atoms with Crippen molar-refractivity contribution >= 4 is 102 Å². The standard InChI is InChI=1S/C63H69F2IN10O9S2/c1-38-30-63(64,65)37-76(38)62(83)53-28-44(59(81)74-53)29-57(79)75-33-43-8-4-7-40(50(43)34-75)15-20-56(78)73-54(60(82)70-24-23-69-55(77)9-3-6-39-11-16-46(66)17-12-39)36-87-86-25-5-10-58(80)85-35-47-18-13-42(31-71-47)48-21-22-68-52-19-14-41(26-49(48)52)45-27-51(67)61(84-2)72-32-45/h4,7-8,11-14,16-19,21-22,26-27,31-32,38,44,53-54H,3,5-6,9-10,15,20,23-25,28-30,33-37,67H2,1-2H3,(H,69,77)(H,70,82)(H,73,78)(H,74,81)/t38-,44+,53+,54?/m1/s1. The van der Waals surface area contributed by atoms with Crippen molar-refractivity contribution in [2.75, 3.05) is 44.0 Å². The summed E-state index contributed by atoms with van der Waals surface area (Å²) in [6.07, 6.45) is 7.42. The normalized spacial score (nSPS) is 17.1. The van der Waals surface area contributed by atoms with E-state index in [4.69, 9.17) is 15.2 Å². The van der Waals surface area contributed by atoms with Crippen LogP contribution in [0.25, 0.3) is 33.2 Å². The van der Waals surface area contributed by atoms with E-state index >= 15 is 0 Å². The molecule has 2 fully saturated rings. The van der Waals surface area contributed by atoms with E-state index in [-0.39, 0.29) is 81.4 Å². The van der Waals surface area contributed by atoms with Gasteiger partial charge in [0.15, 0.2) is 0 Å². The van der Waals surface area contributed by atoms with Gasteiger partial charge in [-0.25, -0.2) is 13.8 Å². The van der Waals surface area contributed by atoms with Gasteiger partial charge in [0.2, 0.25) is 41.3 Å². The molecule has 6 aromatic rings. The summed E-state index contributed by atoms with van der Waals surface area (Å²) < 4.78 is 40.1. The maximum absolute atomic E-state index is 14.1. The highest BCUT2D eigenvalue weighted by Gasteiger charge is 2.48. The molecule has 0 radical (unpaired) electrons. The molecule has 24 heteroatoms. The number of alkyl halides is 2. The van der Waals surface area contributed by atoms with E-state index in [1.165, 1.54) is 28.7 Å². The summed E-state index contributed by atoms with van der Waals surface area (Å²) >= 11 is 2.25. The first-order chi connectivity index (χ1) is 41.9. The number of fused-ring (bicyclic) bond motifs is 2. The Bertz CT molecular complexity index is 3500. The van der Waals surface area contributed by atoms with Crippen LogP contribution < -0.4 is 31.7 Å². The number of methoxy groups -OCH3 is 1. The van der Waals surface area contributed by atoms with Gasteiger partial charge in [-0.3, -0.25) is 43.5 Å². The van der Waals surface area contributed by atoms with Gasteiger partial charge in [0.05, 0.1) is 30.6 Å². The van der Waals surface area contributed by atoms with E-state index in [0.29, 0.717) is 55.2 Å². The summed E-state index contributed by atoms with van der Waals surface area (Å²) in [5, 5.41) is 12.1. The number of anilines is 1. The summed E-state index contributed by atoms with van der Waals surface area (Å²) in [6, 6.07) is 24.7. The highest BCUT2D eigenvalue weighted by molar-refractivity contribution is 14.1.